The van der Waals surface area contributed by atoms with Gasteiger partial charge in [-0.3, -0.25) is 0 Å². The first-order valence-corrected chi connectivity index (χ1v) is 26.7. The Morgan fingerprint density at radius 1 is 0.280 bits per heavy atom. The minimum atomic E-state index is 0.606. The fourth-order valence-electron chi connectivity index (χ4n) is 12.6. The van der Waals surface area contributed by atoms with Crippen LogP contribution in [0, 0.1) is 0 Å². The topological polar surface area (TPSA) is 56.7 Å². The largest absolute Gasteiger partial charge is 0.456 e. The van der Waals surface area contributed by atoms with Crippen molar-refractivity contribution in [3.63, 3.8) is 0 Å². The zero-order valence-corrected chi connectivity index (χ0v) is 47.7. The quantitative estimate of drug-likeness (QED) is 0.156. The standard InChI is InChI=1S/C51H51B19N4O/c52-25-20-19-23(28(55)33(60)39(66)44(19)74(45(20)40(67)35(62)31(25)58)46-41(68)36(63)34(61)37(64)42(46)69)50-71-49(16-11-9-15(10-12-16)18-8-4-7-17(13-18)14-5-2-1-3-6-14)72-51(73-50)24-29(56)30(57)26(53)21-22-27(54)32(59)38(65)43(70)48(22)75-47(21)24/h1-13H,52-70H2. The highest BCUT2D eigenvalue weighted by Gasteiger charge is 2.30. The van der Waals surface area contributed by atoms with Gasteiger partial charge in [0.2, 0.25) is 0 Å². The van der Waals surface area contributed by atoms with Crippen LogP contribution in [-0.4, -0.2) is 169 Å². The van der Waals surface area contributed by atoms with Crippen LogP contribution in [0.4, 0.5) is 0 Å². The highest BCUT2D eigenvalue weighted by molar-refractivity contribution is 6.72. The molecule has 0 aliphatic rings. The van der Waals surface area contributed by atoms with Crippen molar-refractivity contribution in [3.05, 3.63) is 78.9 Å². The SMILES string of the molecule is Bc1c(B)c(B)c(-n2c3c(B)c(B)c(B)c(B)c3c3c(-c4nc(-c5ccc(-c6cccc(-c7ccccc7)c6)cc5)nc(-c5c(B)c(B)c(B)c6c5oc5c(B)c(B)c(B)c(B)c56)n4)c(B)c(B)c(B)c32)c(B)c1B. The Morgan fingerprint density at radius 3 is 1.25 bits per heavy atom. The van der Waals surface area contributed by atoms with Crippen molar-refractivity contribution in [3.8, 4) is 62.1 Å². The Labute approximate surface area is 458 Å². The van der Waals surface area contributed by atoms with Gasteiger partial charge in [0.05, 0.1) is 5.56 Å². The fourth-order valence-corrected chi connectivity index (χ4v) is 12.6. The van der Waals surface area contributed by atoms with E-state index in [1.54, 1.807) is 0 Å². The second-order valence-corrected chi connectivity index (χ2v) is 22.1. The van der Waals surface area contributed by atoms with Crippen molar-refractivity contribution in [2.45, 2.75) is 0 Å². The molecule has 3 heterocycles. The summed E-state index contributed by atoms with van der Waals surface area (Å²) in [7, 11) is 43.2. The van der Waals surface area contributed by atoms with Gasteiger partial charge in [0.15, 0.2) is 17.5 Å². The van der Waals surface area contributed by atoms with Gasteiger partial charge in [-0.1, -0.05) is 160 Å². The summed E-state index contributed by atoms with van der Waals surface area (Å²) >= 11 is 0. The Morgan fingerprint density at radius 2 is 0.667 bits per heavy atom. The maximum atomic E-state index is 7.24. The molecule has 0 bridgehead atoms. The molecule has 0 aliphatic heterocycles. The third kappa shape index (κ3) is 7.45. The average molecular weight is 941 g/mol. The van der Waals surface area contributed by atoms with Crippen molar-refractivity contribution >= 4 is 297 Å². The van der Waals surface area contributed by atoms with Crippen LogP contribution in [0.5, 0.6) is 0 Å². The highest BCUT2D eigenvalue weighted by atomic mass is 16.3. The molecule has 0 unspecified atom stereocenters. The van der Waals surface area contributed by atoms with Gasteiger partial charge in [0.1, 0.15) is 160 Å². The maximum absolute atomic E-state index is 7.24. The van der Waals surface area contributed by atoms with Crippen LogP contribution in [0.1, 0.15) is 0 Å². The number of hydrogen-bond acceptors (Lipinski definition) is 4. The molecule has 0 saturated carbocycles. The van der Waals surface area contributed by atoms with Crippen LogP contribution in [0.3, 0.4) is 0 Å². The Balaban J connectivity index is 1.28. The summed E-state index contributed by atoms with van der Waals surface area (Å²) in [6.45, 7) is 0. The van der Waals surface area contributed by atoms with E-state index in [0.29, 0.717) is 17.5 Å². The van der Waals surface area contributed by atoms with E-state index in [1.807, 2.05) is 0 Å². The van der Waals surface area contributed by atoms with E-state index in [2.05, 4.69) is 233 Å². The first-order valence-electron chi connectivity index (χ1n) is 26.7. The van der Waals surface area contributed by atoms with Gasteiger partial charge in [-0.05, 0) is 28.3 Å². The lowest BCUT2D eigenvalue weighted by Gasteiger charge is -2.25. The summed E-state index contributed by atoms with van der Waals surface area (Å²) in [5.41, 5.74) is 37.0. The molecule has 8 aromatic carbocycles. The Kier molecular flexibility index (Phi) is 12.5. The molecule has 0 saturated heterocycles. The van der Waals surface area contributed by atoms with E-state index in [4.69, 9.17) is 19.4 Å². The highest BCUT2D eigenvalue weighted by Crippen LogP contribution is 2.37. The van der Waals surface area contributed by atoms with E-state index >= 15 is 0 Å². The molecular formula is C51H51B19N4O. The molecule has 24 heteroatoms. The minimum Gasteiger partial charge on any atom is -0.456 e. The number of nitrogens with zero attached hydrogens (tertiary/aromatic N) is 4. The number of furan rings is 1. The van der Waals surface area contributed by atoms with Crippen LogP contribution in [0.25, 0.3) is 106 Å². The lowest BCUT2D eigenvalue weighted by atomic mass is 9.61. The number of hydrogen-bond donors (Lipinski definition) is 0. The lowest BCUT2D eigenvalue weighted by Crippen LogP contribution is -2.56. The third-order valence-corrected chi connectivity index (χ3v) is 18.8. The van der Waals surface area contributed by atoms with Crippen molar-refractivity contribution in [1.29, 1.82) is 0 Å². The number of benzene rings is 8. The molecule has 3 aromatic heterocycles. The average Bonchev–Trinajstić information content (AvgIpc) is 4.05. The van der Waals surface area contributed by atoms with Gasteiger partial charge < -0.3 is 8.98 Å². The molecule has 0 amide bonds. The van der Waals surface area contributed by atoms with E-state index in [0.717, 1.165) is 49.8 Å². The van der Waals surface area contributed by atoms with Crippen molar-refractivity contribution < 1.29 is 4.42 Å². The predicted molar refractivity (Wildman–Crippen MR) is 384 cm³/mol. The van der Waals surface area contributed by atoms with Gasteiger partial charge in [-0.25, -0.2) is 15.0 Å². The number of aromatic nitrogens is 4. The second-order valence-electron chi connectivity index (χ2n) is 22.1. The first-order chi connectivity index (χ1) is 35.7. The zero-order valence-electron chi connectivity index (χ0n) is 47.7. The first kappa shape index (κ1) is 50.7. The van der Waals surface area contributed by atoms with E-state index < -0.39 is 0 Å². The van der Waals surface area contributed by atoms with Crippen molar-refractivity contribution in [1.82, 2.24) is 19.5 Å². The molecule has 0 radical (unpaired) electrons. The monoisotopic (exact) mass is 945 g/mol. The van der Waals surface area contributed by atoms with E-state index in [-0.39, 0.29) is 0 Å². The van der Waals surface area contributed by atoms with Crippen LogP contribution in [0.15, 0.2) is 83.3 Å². The van der Waals surface area contributed by atoms with Gasteiger partial charge in [-0.15, -0.1) is 16.4 Å². The van der Waals surface area contributed by atoms with Gasteiger partial charge in [0, 0.05) is 49.4 Å². The summed E-state index contributed by atoms with van der Waals surface area (Å²) in [5, 5.41) is 4.75. The summed E-state index contributed by atoms with van der Waals surface area (Å²) in [5.74, 6) is 1.88. The Bertz CT molecular complexity index is 4320. The van der Waals surface area contributed by atoms with Gasteiger partial charge in [0.25, 0.3) is 0 Å². The molecule has 75 heavy (non-hydrogen) atoms. The molecule has 0 atom stereocenters. The third-order valence-electron chi connectivity index (χ3n) is 18.8. The molecular weight excluding hydrogens is 890 g/mol. The normalized spacial score (nSPS) is 11.7. The summed E-state index contributed by atoms with van der Waals surface area (Å²) in [4.78, 5) is 17.0. The molecule has 0 N–H and O–H groups in total. The smallest absolute Gasteiger partial charge is 0.167 e. The van der Waals surface area contributed by atoms with Crippen LogP contribution >= 0.6 is 0 Å². The summed E-state index contributed by atoms with van der Waals surface area (Å²) in [6, 6.07) is 28.1. The molecule has 11 rings (SSSR count). The number of fused-ring (bicyclic) bond motifs is 6. The maximum Gasteiger partial charge on any atom is 0.167 e. The van der Waals surface area contributed by atoms with Gasteiger partial charge >= 0.3 is 0 Å². The zero-order chi connectivity index (χ0) is 53.5. The summed E-state index contributed by atoms with van der Waals surface area (Å²) in [6.07, 6.45) is 0. The van der Waals surface area contributed by atoms with Gasteiger partial charge in [-0.2, -0.15) is 0 Å². The summed E-state index contributed by atoms with van der Waals surface area (Å²) < 4.78 is 9.87. The van der Waals surface area contributed by atoms with Crippen molar-refractivity contribution in [2.24, 2.45) is 0 Å². The Hall–Kier alpha value is -6.40. The second kappa shape index (κ2) is 18.4. The molecule has 0 spiro atoms. The molecule has 11 aromatic rings. The minimum absolute atomic E-state index is 0.606. The van der Waals surface area contributed by atoms with Crippen LogP contribution in [0.2, 0.25) is 0 Å². The van der Waals surface area contributed by atoms with Crippen LogP contribution < -0.4 is 104 Å². The molecule has 5 nitrogen and oxygen atoms in total. The van der Waals surface area contributed by atoms with E-state index in [9.17, 15) is 0 Å². The molecule has 0 fully saturated rings. The predicted octanol–water partition coefficient (Wildman–Crippen LogP) is -19.9. The number of rotatable bonds is 6. The fraction of sp³-hybridized carbons (Fsp3) is 0. The van der Waals surface area contributed by atoms with Crippen LogP contribution in [-0.2, 0) is 0 Å². The molecule has 0 aliphatic carbocycles. The molecule has 338 valence electrons. The lowest BCUT2D eigenvalue weighted by molar-refractivity contribution is 0.673. The van der Waals surface area contributed by atoms with Crippen molar-refractivity contribution in [2.75, 3.05) is 0 Å². The van der Waals surface area contributed by atoms with E-state index in [1.165, 1.54) is 142 Å².